The summed E-state index contributed by atoms with van der Waals surface area (Å²) >= 11 is 5.07. The van der Waals surface area contributed by atoms with E-state index in [1.807, 2.05) is 13.0 Å². The van der Waals surface area contributed by atoms with Gasteiger partial charge >= 0.3 is 5.97 Å². The van der Waals surface area contributed by atoms with Crippen LogP contribution < -0.4 is 5.73 Å². The Morgan fingerprint density at radius 3 is 2.87 bits per heavy atom. The van der Waals surface area contributed by atoms with E-state index in [9.17, 15) is 4.79 Å². The van der Waals surface area contributed by atoms with Crippen molar-refractivity contribution in [1.29, 1.82) is 0 Å². The minimum Gasteiger partial charge on any atom is -0.465 e. The van der Waals surface area contributed by atoms with Crippen molar-refractivity contribution in [3.8, 4) is 0 Å². The maximum Gasteiger partial charge on any atom is 0.323 e. The summed E-state index contributed by atoms with van der Waals surface area (Å²) in [5, 5.41) is 0. The fourth-order valence-corrected chi connectivity index (χ4v) is 2.83. The maximum atomic E-state index is 11.3. The van der Waals surface area contributed by atoms with Crippen LogP contribution in [0.15, 0.2) is 10.5 Å². The predicted molar refractivity (Wildman–Crippen MR) is 65.1 cm³/mol. The van der Waals surface area contributed by atoms with E-state index < -0.39 is 6.04 Å². The summed E-state index contributed by atoms with van der Waals surface area (Å²) in [6.07, 6.45) is 0.538. The highest BCUT2D eigenvalue weighted by atomic mass is 79.9. The van der Waals surface area contributed by atoms with E-state index in [0.717, 1.165) is 9.35 Å². The van der Waals surface area contributed by atoms with Gasteiger partial charge < -0.3 is 10.5 Å². The van der Waals surface area contributed by atoms with Crippen molar-refractivity contribution in [2.24, 2.45) is 5.73 Å². The molecule has 0 aliphatic rings. The lowest BCUT2D eigenvalue weighted by Crippen LogP contribution is -2.34. The van der Waals surface area contributed by atoms with E-state index in [0.29, 0.717) is 13.0 Å². The molecular weight excluding hydrogens is 278 g/mol. The number of nitrogens with two attached hydrogens (primary N) is 1. The van der Waals surface area contributed by atoms with Gasteiger partial charge in [0, 0.05) is 20.6 Å². The van der Waals surface area contributed by atoms with Crippen LogP contribution >= 0.6 is 27.3 Å². The second-order valence-electron chi connectivity index (χ2n) is 3.18. The molecule has 0 bridgehead atoms. The van der Waals surface area contributed by atoms with Crippen LogP contribution in [0.1, 0.15) is 16.7 Å². The highest BCUT2D eigenvalue weighted by Gasteiger charge is 2.16. The standard InChI is InChI=1S/C10H14BrNO2S/c1-3-14-10(13)9(12)5-7-4-8(11)6(2)15-7/h4,9H,3,5,12H2,1-2H3. The predicted octanol–water partition coefficient (Wildman–Crippen LogP) is 2.25. The number of aryl methyl sites for hydroxylation is 1. The first-order valence-electron chi connectivity index (χ1n) is 4.71. The van der Waals surface area contributed by atoms with Crippen molar-refractivity contribution in [3.05, 3.63) is 20.3 Å². The number of esters is 1. The number of ether oxygens (including phenoxy) is 1. The van der Waals surface area contributed by atoms with Crippen LogP contribution in [0.3, 0.4) is 0 Å². The molecule has 1 heterocycles. The lowest BCUT2D eigenvalue weighted by Gasteiger charge is -2.08. The van der Waals surface area contributed by atoms with Gasteiger partial charge in [0.25, 0.3) is 0 Å². The zero-order chi connectivity index (χ0) is 11.4. The molecule has 3 nitrogen and oxygen atoms in total. The molecule has 1 unspecified atom stereocenters. The molecule has 0 saturated carbocycles. The number of carbonyl (C=O) groups excluding carboxylic acids is 1. The SMILES string of the molecule is CCOC(=O)C(N)Cc1cc(Br)c(C)s1. The Kier molecular flexibility index (Phi) is 4.76. The number of thiophene rings is 1. The normalized spacial score (nSPS) is 12.5. The Morgan fingerprint density at radius 1 is 1.73 bits per heavy atom. The number of carbonyl (C=O) groups is 1. The highest BCUT2D eigenvalue weighted by Crippen LogP contribution is 2.27. The highest BCUT2D eigenvalue weighted by molar-refractivity contribution is 9.10. The maximum absolute atomic E-state index is 11.3. The first kappa shape index (κ1) is 12.7. The van der Waals surface area contributed by atoms with Crippen molar-refractivity contribution in [3.63, 3.8) is 0 Å². The minimum absolute atomic E-state index is 0.334. The van der Waals surface area contributed by atoms with Gasteiger partial charge in [-0.15, -0.1) is 11.3 Å². The van der Waals surface area contributed by atoms with E-state index in [2.05, 4.69) is 15.9 Å². The molecule has 1 aromatic heterocycles. The monoisotopic (exact) mass is 291 g/mol. The van der Waals surface area contributed by atoms with E-state index in [1.54, 1.807) is 18.3 Å². The van der Waals surface area contributed by atoms with Gasteiger partial charge in [-0.25, -0.2) is 0 Å². The summed E-state index contributed by atoms with van der Waals surface area (Å²) in [5.41, 5.74) is 5.71. The van der Waals surface area contributed by atoms with Crippen LogP contribution in [-0.4, -0.2) is 18.6 Å². The zero-order valence-electron chi connectivity index (χ0n) is 8.75. The summed E-state index contributed by atoms with van der Waals surface area (Å²) < 4.78 is 5.91. The van der Waals surface area contributed by atoms with Gasteiger partial charge in [-0.1, -0.05) is 0 Å². The molecule has 0 aromatic carbocycles. The number of halogens is 1. The molecule has 0 saturated heterocycles. The molecule has 0 fully saturated rings. The molecule has 0 aliphatic carbocycles. The summed E-state index contributed by atoms with van der Waals surface area (Å²) in [6, 6.07) is 1.44. The van der Waals surface area contributed by atoms with Gasteiger partial charge in [0.1, 0.15) is 6.04 Å². The lowest BCUT2D eigenvalue weighted by molar-refractivity contribution is -0.144. The second kappa shape index (κ2) is 5.63. The first-order chi connectivity index (χ1) is 7.04. The average molecular weight is 292 g/mol. The Bertz CT molecular complexity index is 332. The molecule has 1 aromatic rings. The quantitative estimate of drug-likeness (QED) is 0.866. The Hall–Kier alpha value is -0.390. The molecular formula is C10H14BrNO2S. The smallest absolute Gasteiger partial charge is 0.323 e. The largest absolute Gasteiger partial charge is 0.465 e. The van der Waals surface area contributed by atoms with Gasteiger partial charge in [-0.3, -0.25) is 4.79 Å². The van der Waals surface area contributed by atoms with E-state index >= 15 is 0 Å². The van der Waals surface area contributed by atoms with Crippen molar-refractivity contribution >= 4 is 33.2 Å². The van der Waals surface area contributed by atoms with Gasteiger partial charge in [-0.2, -0.15) is 0 Å². The third-order valence-corrected chi connectivity index (χ3v) is 4.08. The topological polar surface area (TPSA) is 52.3 Å². The molecule has 5 heteroatoms. The Labute approximate surface area is 102 Å². The van der Waals surface area contributed by atoms with Crippen LogP contribution in [0.2, 0.25) is 0 Å². The summed E-state index contributed by atoms with van der Waals surface area (Å²) in [6.45, 7) is 4.17. The van der Waals surface area contributed by atoms with Gasteiger partial charge in [0.2, 0.25) is 0 Å². The van der Waals surface area contributed by atoms with Crippen molar-refractivity contribution in [2.75, 3.05) is 6.61 Å². The number of hydrogen-bond donors (Lipinski definition) is 1. The fourth-order valence-electron chi connectivity index (χ4n) is 1.17. The molecule has 1 rings (SSSR count). The zero-order valence-corrected chi connectivity index (χ0v) is 11.2. The molecule has 2 N–H and O–H groups in total. The van der Waals surface area contributed by atoms with Crippen LogP contribution in [0.4, 0.5) is 0 Å². The van der Waals surface area contributed by atoms with Crippen molar-refractivity contribution < 1.29 is 9.53 Å². The number of hydrogen-bond acceptors (Lipinski definition) is 4. The molecule has 0 radical (unpaired) electrons. The van der Waals surface area contributed by atoms with E-state index in [4.69, 9.17) is 10.5 Å². The molecule has 0 spiro atoms. The Balaban J connectivity index is 2.58. The molecule has 0 amide bonds. The van der Waals surface area contributed by atoms with Crippen LogP contribution in [0.25, 0.3) is 0 Å². The van der Waals surface area contributed by atoms with Crippen molar-refractivity contribution in [2.45, 2.75) is 26.3 Å². The lowest BCUT2D eigenvalue weighted by atomic mass is 10.2. The molecule has 84 valence electrons. The average Bonchev–Trinajstić information content (AvgIpc) is 2.46. The summed E-state index contributed by atoms with van der Waals surface area (Å²) in [4.78, 5) is 13.6. The van der Waals surface area contributed by atoms with Crippen LogP contribution in [-0.2, 0) is 16.0 Å². The van der Waals surface area contributed by atoms with Crippen LogP contribution in [0.5, 0.6) is 0 Å². The van der Waals surface area contributed by atoms with E-state index in [1.165, 1.54) is 4.88 Å². The van der Waals surface area contributed by atoms with Gasteiger partial charge in [-0.05, 0) is 35.8 Å². The second-order valence-corrected chi connectivity index (χ2v) is 5.37. The summed E-state index contributed by atoms with van der Waals surface area (Å²) in [7, 11) is 0. The minimum atomic E-state index is -0.560. The van der Waals surface area contributed by atoms with Crippen LogP contribution in [0, 0.1) is 6.92 Å². The van der Waals surface area contributed by atoms with Crippen molar-refractivity contribution in [1.82, 2.24) is 0 Å². The Morgan fingerprint density at radius 2 is 2.40 bits per heavy atom. The fraction of sp³-hybridized carbons (Fsp3) is 0.500. The third kappa shape index (κ3) is 3.59. The third-order valence-electron chi connectivity index (χ3n) is 1.92. The number of rotatable bonds is 4. The first-order valence-corrected chi connectivity index (χ1v) is 6.32. The van der Waals surface area contributed by atoms with E-state index in [-0.39, 0.29) is 5.97 Å². The van der Waals surface area contributed by atoms with Gasteiger partial charge in [0.05, 0.1) is 6.61 Å². The summed E-state index contributed by atoms with van der Waals surface area (Å²) in [5.74, 6) is -0.334. The molecule has 0 aliphatic heterocycles. The molecule has 15 heavy (non-hydrogen) atoms. The molecule has 1 atom stereocenters. The van der Waals surface area contributed by atoms with Gasteiger partial charge in [0.15, 0.2) is 0 Å².